The van der Waals surface area contributed by atoms with Gasteiger partial charge in [-0.2, -0.15) is 0 Å². The second-order valence-electron chi connectivity index (χ2n) is 6.01. The summed E-state index contributed by atoms with van der Waals surface area (Å²) in [6, 6.07) is 12.0. The van der Waals surface area contributed by atoms with E-state index in [0.717, 1.165) is 0 Å². The van der Waals surface area contributed by atoms with Gasteiger partial charge in [0.05, 0.1) is 34.7 Å². The van der Waals surface area contributed by atoms with Crippen LogP contribution in [0.5, 0.6) is 0 Å². The predicted octanol–water partition coefficient (Wildman–Crippen LogP) is 3.69. The summed E-state index contributed by atoms with van der Waals surface area (Å²) in [6.45, 7) is 3.02. The van der Waals surface area contributed by atoms with Gasteiger partial charge in [-0.05, 0) is 36.9 Å². The van der Waals surface area contributed by atoms with Gasteiger partial charge >= 0.3 is 0 Å². The molecule has 0 unspecified atom stereocenters. The molecule has 140 valence electrons. The Balaban J connectivity index is 1.70. The van der Waals surface area contributed by atoms with E-state index in [9.17, 15) is 9.59 Å². The maximum absolute atomic E-state index is 12.4. The fraction of sp³-hybridized carbons (Fsp3) is 0.211. The molecule has 0 spiro atoms. The molecule has 6 nitrogen and oxygen atoms in total. The molecule has 2 aromatic carbocycles. The molecule has 1 amide bonds. The van der Waals surface area contributed by atoms with Crippen molar-refractivity contribution < 1.29 is 4.79 Å². The summed E-state index contributed by atoms with van der Waals surface area (Å²) in [4.78, 5) is 33.6. The number of hydrogen-bond donors (Lipinski definition) is 2. The molecule has 0 aliphatic heterocycles. The number of benzene rings is 2. The summed E-state index contributed by atoms with van der Waals surface area (Å²) >= 11 is 11.9. The van der Waals surface area contributed by atoms with Gasteiger partial charge in [0.15, 0.2) is 0 Å². The van der Waals surface area contributed by atoms with Gasteiger partial charge in [-0.1, -0.05) is 42.3 Å². The van der Waals surface area contributed by atoms with Crippen molar-refractivity contribution in [1.82, 2.24) is 14.9 Å². The van der Waals surface area contributed by atoms with E-state index < -0.39 is 0 Å². The number of halogens is 2. The molecule has 3 aromatic rings. The first-order chi connectivity index (χ1) is 13.0. The molecule has 0 saturated heterocycles. The molecule has 27 heavy (non-hydrogen) atoms. The maximum Gasteiger partial charge on any atom is 0.258 e. The largest absolute Gasteiger partial charge is 0.324 e. The van der Waals surface area contributed by atoms with Crippen molar-refractivity contribution in [3.63, 3.8) is 0 Å². The van der Waals surface area contributed by atoms with E-state index in [1.165, 1.54) is 0 Å². The Morgan fingerprint density at radius 1 is 1.22 bits per heavy atom. The number of hydrogen-bond acceptors (Lipinski definition) is 4. The third-order valence-corrected chi connectivity index (χ3v) is 4.60. The molecule has 0 fully saturated rings. The minimum Gasteiger partial charge on any atom is -0.324 e. The monoisotopic (exact) mass is 404 g/mol. The normalized spacial score (nSPS) is 11.1. The Labute approximate surface area is 166 Å². The summed E-state index contributed by atoms with van der Waals surface area (Å²) in [5.41, 5.74) is 0.938. The molecule has 0 saturated carbocycles. The lowest BCUT2D eigenvalue weighted by Crippen LogP contribution is -2.34. The SMILES string of the molecule is CCN(CC(=O)Nc1ccc(Cl)cc1Cl)Cc1nc2ccccc2c(=O)[nH]1. The van der Waals surface area contributed by atoms with Gasteiger partial charge in [0, 0.05) is 5.02 Å². The van der Waals surface area contributed by atoms with Gasteiger partial charge in [-0.3, -0.25) is 14.5 Å². The molecule has 1 heterocycles. The van der Waals surface area contributed by atoms with Gasteiger partial charge in [-0.15, -0.1) is 0 Å². The van der Waals surface area contributed by atoms with E-state index in [4.69, 9.17) is 23.2 Å². The smallest absolute Gasteiger partial charge is 0.258 e. The number of carbonyl (C=O) groups is 1. The minimum absolute atomic E-state index is 0.131. The van der Waals surface area contributed by atoms with E-state index in [0.29, 0.717) is 45.5 Å². The van der Waals surface area contributed by atoms with Crippen LogP contribution in [0, 0.1) is 0 Å². The number of para-hydroxylation sites is 1. The van der Waals surface area contributed by atoms with Gasteiger partial charge in [0.25, 0.3) is 5.56 Å². The fourth-order valence-electron chi connectivity index (χ4n) is 2.68. The van der Waals surface area contributed by atoms with Crippen molar-refractivity contribution in [2.45, 2.75) is 13.5 Å². The zero-order valence-corrected chi connectivity index (χ0v) is 16.1. The number of rotatable bonds is 6. The Hall–Kier alpha value is -2.41. The van der Waals surface area contributed by atoms with Gasteiger partial charge in [-0.25, -0.2) is 4.98 Å². The van der Waals surface area contributed by atoms with Crippen LogP contribution in [0.2, 0.25) is 10.0 Å². The zero-order valence-electron chi connectivity index (χ0n) is 14.6. The lowest BCUT2D eigenvalue weighted by molar-refractivity contribution is -0.117. The molecule has 0 bridgehead atoms. The highest BCUT2D eigenvalue weighted by Crippen LogP contribution is 2.25. The zero-order chi connectivity index (χ0) is 19.4. The molecular weight excluding hydrogens is 387 g/mol. The van der Waals surface area contributed by atoms with Gasteiger partial charge < -0.3 is 10.3 Å². The highest BCUT2D eigenvalue weighted by molar-refractivity contribution is 6.36. The number of H-pyrrole nitrogens is 1. The first-order valence-electron chi connectivity index (χ1n) is 8.41. The first kappa shape index (κ1) is 19.4. The number of aromatic amines is 1. The summed E-state index contributed by atoms with van der Waals surface area (Å²) in [7, 11) is 0. The fourth-order valence-corrected chi connectivity index (χ4v) is 3.14. The lowest BCUT2D eigenvalue weighted by atomic mass is 10.2. The van der Waals surface area contributed by atoms with Crippen LogP contribution in [-0.4, -0.2) is 33.9 Å². The molecule has 2 N–H and O–H groups in total. The molecule has 0 aliphatic carbocycles. The van der Waals surface area contributed by atoms with Gasteiger partial charge in [0.1, 0.15) is 5.82 Å². The van der Waals surface area contributed by atoms with E-state index in [-0.39, 0.29) is 18.0 Å². The Morgan fingerprint density at radius 3 is 2.74 bits per heavy atom. The Bertz CT molecular complexity index is 1040. The minimum atomic E-state index is -0.218. The van der Waals surface area contributed by atoms with Crippen LogP contribution in [0.15, 0.2) is 47.3 Å². The summed E-state index contributed by atoms with van der Waals surface area (Å²) in [6.07, 6.45) is 0. The van der Waals surface area contributed by atoms with Crippen LogP contribution >= 0.6 is 23.2 Å². The number of carbonyl (C=O) groups excluding carboxylic acids is 1. The van der Waals surface area contributed by atoms with Crippen molar-refractivity contribution in [2.75, 3.05) is 18.4 Å². The van der Waals surface area contributed by atoms with E-state index in [2.05, 4.69) is 15.3 Å². The Kier molecular flexibility index (Phi) is 6.11. The highest BCUT2D eigenvalue weighted by atomic mass is 35.5. The number of anilines is 1. The number of fused-ring (bicyclic) bond motifs is 1. The van der Waals surface area contributed by atoms with Crippen LogP contribution in [0.4, 0.5) is 5.69 Å². The number of likely N-dealkylation sites (N-methyl/N-ethyl adjacent to an activating group) is 1. The average molecular weight is 405 g/mol. The average Bonchev–Trinajstić information content (AvgIpc) is 2.63. The molecule has 3 rings (SSSR count). The second kappa shape index (κ2) is 8.52. The van der Waals surface area contributed by atoms with E-state index in [1.54, 1.807) is 36.4 Å². The van der Waals surface area contributed by atoms with Crippen LogP contribution in [0.3, 0.4) is 0 Å². The first-order valence-corrected chi connectivity index (χ1v) is 9.17. The second-order valence-corrected chi connectivity index (χ2v) is 6.85. The molecular formula is C19H18Cl2N4O2. The number of aromatic nitrogens is 2. The van der Waals surface area contributed by atoms with Crippen molar-refractivity contribution >= 4 is 45.7 Å². The third kappa shape index (κ3) is 4.86. The summed E-state index contributed by atoms with van der Waals surface area (Å²) < 4.78 is 0. The molecule has 0 aliphatic rings. The van der Waals surface area contributed by atoms with Crippen molar-refractivity contribution in [3.05, 3.63) is 68.7 Å². The number of nitrogens with one attached hydrogen (secondary N) is 2. The van der Waals surface area contributed by atoms with Gasteiger partial charge in [0.2, 0.25) is 5.91 Å². The van der Waals surface area contributed by atoms with Crippen molar-refractivity contribution in [3.8, 4) is 0 Å². The molecule has 1 aromatic heterocycles. The topological polar surface area (TPSA) is 78.1 Å². The van der Waals surface area contributed by atoms with Crippen LogP contribution in [0.25, 0.3) is 10.9 Å². The van der Waals surface area contributed by atoms with E-state index in [1.807, 2.05) is 17.9 Å². The Morgan fingerprint density at radius 2 is 2.00 bits per heavy atom. The predicted molar refractivity (Wildman–Crippen MR) is 108 cm³/mol. The molecule has 0 radical (unpaired) electrons. The third-order valence-electron chi connectivity index (χ3n) is 4.05. The summed E-state index contributed by atoms with van der Waals surface area (Å²) in [5.74, 6) is 0.294. The van der Waals surface area contributed by atoms with Crippen LogP contribution < -0.4 is 10.9 Å². The molecule has 8 heteroatoms. The van der Waals surface area contributed by atoms with Crippen LogP contribution in [-0.2, 0) is 11.3 Å². The van der Waals surface area contributed by atoms with Crippen LogP contribution in [0.1, 0.15) is 12.7 Å². The quantitative estimate of drug-likeness (QED) is 0.656. The van der Waals surface area contributed by atoms with Crippen molar-refractivity contribution in [2.24, 2.45) is 0 Å². The number of nitrogens with zero attached hydrogens (tertiary/aromatic N) is 2. The lowest BCUT2D eigenvalue weighted by Gasteiger charge is -2.19. The number of amides is 1. The molecule has 0 atom stereocenters. The van der Waals surface area contributed by atoms with E-state index >= 15 is 0 Å². The standard InChI is InChI=1S/C19H18Cl2N4O2/c1-2-25(11-18(26)23-16-8-7-12(20)9-14(16)21)10-17-22-15-6-4-3-5-13(15)19(27)24-17/h3-9H,2,10-11H2,1H3,(H,23,26)(H,22,24,27). The maximum atomic E-state index is 12.4. The summed E-state index contributed by atoms with van der Waals surface area (Å²) in [5, 5.41) is 4.18. The highest BCUT2D eigenvalue weighted by Gasteiger charge is 2.13. The van der Waals surface area contributed by atoms with Crippen molar-refractivity contribution in [1.29, 1.82) is 0 Å².